The molecule has 1 atom stereocenters. The van der Waals surface area contributed by atoms with Crippen molar-refractivity contribution in [3.05, 3.63) is 0 Å². The summed E-state index contributed by atoms with van der Waals surface area (Å²) in [6.45, 7) is 58.0. The molecule has 10 bridgehead atoms. The van der Waals surface area contributed by atoms with E-state index in [1.165, 1.54) is 205 Å². The largest absolute Gasteiger partial charge is 0.0651 e. The molecule has 21 saturated carbocycles. The molecule has 21 rings (SSSR count). The van der Waals surface area contributed by atoms with Crippen LogP contribution in [0.25, 0.3) is 0 Å². The van der Waals surface area contributed by atoms with Crippen molar-refractivity contribution in [1.82, 2.24) is 0 Å². The molecule has 0 radical (unpaired) electrons. The first kappa shape index (κ1) is 94.6. The zero-order chi connectivity index (χ0) is 92.7. The molecule has 0 amide bonds. The molecule has 3 spiro atoms. The predicted octanol–water partition coefficient (Wildman–Crippen LogP) is 40.4. The highest BCUT2D eigenvalue weighted by Crippen LogP contribution is 2.63. The van der Waals surface area contributed by atoms with Gasteiger partial charge in [-0.25, -0.2) is 0 Å². The fourth-order valence-corrected chi connectivity index (χ4v) is 27.6. The molecule has 21 aliphatic carbocycles. The third-order valence-electron chi connectivity index (χ3n) is 36.1. The molecule has 692 valence electrons. The van der Waals surface area contributed by atoms with Gasteiger partial charge in [-0.2, -0.15) is 0 Å². The molecular formula is C117H224. The number of fused-ring (bicyclic) bond motifs is 3. The summed E-state index contributed by atoms with van der Waals surface area (Å²) >= 11 is 0. The second kappa shape index (κ2) is 51.3. The molecule has 0 N–H and O–H groups in total. The molecule has 0 heterocycles. The van der Waals surface area contributed by atoms with Gasteiger partial charge in [-0.05, 0) is 367 Å². The van der Waals surface area contributed by atoms with Crippen molar-refractivity contribution < 1.29 is 9.60 Å². The van der Waals surface area contributed by atoms with E-state index in [1.54, 1.807) is 168 Å². The molecule has 0 aromatic rings. The van der Waals surface area contributed by atoms with Crippen LogP contribution in [0.4, 0.5) is 0 Å². The van der Waals surface area contributed by atoms with Gasteiger partial charge in [0, 0.05) is 9.60 Å². The highest BCUT2D eigenvalue weighted by molar-refractivity contribution is 5.02. The minimum Gasteiger partial charge on any atom is -0.0651 e. The fourth-order valence-electron chi connectivity index (χ4n) is 27.6. The molecule has 21 fully saturated rings. The Morgan fingerprint density at radius 2 is 0.598 bits per heavy atom. The first-order chi connectivity index (χ1) is 57.3. The van der Waals surface area contributed by atoms with Gasteiger partial charge in [0.05, 0.1) is 0 Å². The van der Waals surface area contributed by atoms with E-state index in [4.69, 9.17) is 9.60 Å². The van der Waals surface area contributed by atoms with E-state index in [1.807, 2.05) is 69.2 Å². The molecule has 117 heavy (non-hydrogen) atoms. The van der Waals surface area contributed by atoms with Crippen LogP contribution in [0.1, 0.15) is 595 Å². The predicted molar refractivity (Wildman–Crippen MR) is 528 cm³/mol. The van der Waals surface area contributed by atoms with Gasteiger partial charge in [-0.15, -0.1) is 0 Å². The Balaban J connectivity index is 0.000000210. The molecule has 0 aromatic heterocycles. The van der Waals surface area contributed by atoms with Gasteiger partial charge in [0.1, 0.15) is 0 Å². The lowest BCUT2D eigenvalue weighted by Gasteiger charge is -2.56. The Bertz CT molecular complexity index is 2670. The van der Waals surface area contributed by atoms with Gasteiger partial charge in [0.25, 0.3) is 0 Å². The topological polar surface area (TPSA) is 0 Å². The first-order valence-corrected chi connectivity index (χ1v) is 53.8. The van der Waals surface area contributed by atoms with Crippen molar-refractivity contribution >= 4 is 0 Å². The zero-order valence-corrected chi connectivity index (χ0v) is 85.7. The monoisotopic (exact) mass is 1640 g/mol. The van der Waals surface area contributed by atoms with E-state index < -0.39 is 12.7 Å². The number of hydrogen-bond donors (Lipinski definition) is 0. The van der Waals surface area contributed by atoms with Gasteiger partial charge in [0.15, 0.2) is 0 Å². The van der Waals surface area contributed by atoms with Crippen LogP contribution in [0.5, 0.6) is 0 Å². The molecular weight excluding hydrogens is 1410 g/mol. The van der Waals surface area contributed by atoms with E-state index >= 15 is 0 Å². The lowest BCUT2D eigenvalue weighted by molar-refractivity contribution is -0.0545. The maximum absolute atomic E-state index is 7.63. The van der Waals surface area contributed by atoms with Crippen LogP contribution in [0, 0.1) is 161 Å². The van der Waals surface area contributed by atoms with Crippen LogP contribution in [-0.2, 0) is 0 Å². The van der Waals surface area contributed by atoms with Crippen LogP contribution in [0.15, 0.2) is 0 Å². The van der Waals surface area contributed by atoms with Crippen LogP contribution >= 0.6 is 0 Å². The first-order valence-electron chi connectivity index (χ1n) is 57.3. The Labute approximate surface area is 751 Å². The minimum absolute atomic E-state index is 0.0556. The van der Waals surface area contributed by atoms with Crippen molar-refractivity contribution in [3.63, 3.8) is 0 Å². The third-order valence-corrected chi connectivity index (χ3v) is 36.1. The van der Waals surface area contributed by atoms with Crippen LogP contribution in [0.2, 0.25) is 0 Å². The van der Waals surface area contributed by atoms with Crippen LogP contribution in [-0.4, -0.2) is 0 Å². The molecule has 0 saturated heterocycles. The van der Waals surface area contributed by atoms with Gasteiger partial charge in [0.2, 0.25) is 0 Å². The standard InChI is InChI=1S/C14H26.C13H24.C12H20.C12H22.C11H18.2C11H20.C7H14.C6H12.C6H14.2C5H12.C4H10/c1-12-4-6-14(7-5-12)10-8-13(2,3)9-11-14;1-11-7-9-13(10-8-11)12-5-3-2-4-6-12;1-2-12-6-9-3-10(7-12)5-11(4-9)8-12;1-11-5-9-12(10-6-11)7-3-2-4-8-12;1-11-5-8-2-9(6-11)4-10(3-8)7-11;1-8-9-4-6-10(7-5-9)11(8,2)3;1-10-4-8-11(9-5-10)6-2-3-7-11;1-7-5-3-2-4-6-7;1-6-4-2-3-5-6;1-5-6(2,3)4;1-5(2,3)4;1-4-5(2)3;1-4(2)3/h12H,4-11H2,1-3H3;11-13H,2-10H2,1H3;9-11H,2-8H2,1H3;11H,2-10H2,1H3;8-10H,2-7H2,1H3;8-10H,4-7H2,1-3H3;10H,2-9H2,1H3;7H,2-6H2,1H3;6H,2-5H2,1H3;5H2,1-4H3;1-4H3;5H,4H2,1-3H3;4H,1-3H3/t;;;;;8-,9?,10?;;;;;;;/m.....1......./s1/i;;;;;;;7D;6D;5D2;;4D2;4D. The summed E-state index contributed by atoms with van der Waals surface area (Å²) < 4.78 is 50.7. The van der Waals surface area contributed by atoms with E-state index in [0.29, 0.717) is 16.2 Å². The van der Waals surface area contributed by atoms with Crippen molar-refractivity contribution in [2.24, 2.45) is 161 Å². The Morgan fingerprint density at radius 1 is 0.333 bits per heavy atom. The maximum Gasteiger partial charge on any atom is 0.0300 e. The molecule has 0 aliphatic heterocycles. The van der Waals surface area contributed by atoms with Crippen molar-refractivity contribution in [2.75, 3.05) is 0 Å². The van der Waals surface area contributed by atoms with Gasteiger partial charge >= 0.3 is 0 Å². The fraction of sp³-hybridized carbons (Fsp3) is 1.00. The normalized spacial score (nSPS) is 36.9. The van der Waals surface area contributed by atoms with Crippen LogP contribution in [0.3, 0.4) is 0 Å². The summed E-state index contributed by atoms with van der Waals surface area (Å²) in [4.78, 5) is 0. The van der Waals surface area contributed by atoms with Crippen molar-refractivity contribution in [1.29, 1.82) is 0 Å². The van der Waals surface area contributed by atoms with Gasteiger partial charge < -0.3 is 0 Å². The van der Waals surface area contributed by atoms with Gasteiger partial charge in [-0.3, -0.25) is 0 Å². The minimum atomic E-state index is -1.06. The molecule has 0 nitrogen and oxygen atoms in total. The number of rotatable bonds is 3. The SMILES string of the molecule is CC(C)(C)C.CC12CC3CC(CC(C3)C1)C2.CC1CCC(C2CCCCC2)CC1.CC1CCC2(CC1)CCC(C)(C)CC2.CC1CCC2(CCCC2)CC1.CC1CCC2(CCCCC2)CC1.CCC12CC3CC(CC(C3)C1)C2.C[C@@H]1C2CCC(CC2)C1(C)C.[2H]C(C)(C)C.[2H]C([2H])(C)C(C)(C)C.[2H]C([2H])(C)C(C)C.[2H]C1(C)CCCC1.[2H]C1(C)CCCCC1. The maximum atomic E-state index is 7.63. The lowest BCUT2D eigenvalue weighted by Crippen LogP contribution is -2.45. The lowest BCUT2D eigenvalue weighted by atomic mass is 9.49. The van der Waals surface area contributed by atoms with E-state index in [9.17, 15) is 0 Å². The summed E-state index contributed by atoms with van der Waals surface area (Å²) in [6.07, 6.45) is 87.4. The summed E-state index contributed by atoms with van der Waals surface area (Å²) in [5.41, 5.74) is 5.70. The van der Waals surface area contributed by atoms with Crippen LogP contribution < -0.4 is 0 Å². The highest BCUT2D eigenvalue weighted by atomic mass is 14.6. The average molecular weight is 1640 g/mol. The molecule has 21 aliphatic rings. The molecule has 0 aromatic carbocycles. The third kappa shape index (κ3) is 40.1. The van der Waals surface area contributed by atoms with E-state index in [0.717, 1.165) is 142 Å². The summed E-state index contributed by atoms with van der Waals surface area (Å²) in [5, 5.41) is 0. The second-order valence-corrected chi connectivity index (χ2v) is 52.2. The Kier molecular flexibility index (Phi) is 41.4. The highest BCUT2D eigenvalue weighted by Gasteiger charge is 2.51. The average Bonchev–Trinajstić information content (AvgIpc) is 0.763. The van der Waals surface area contributed by atoms with E-state index in [2.05, 4.69) is 104 Å². The molecule has 0 unspecified atom stereocenters. The Morgan fingerprint density at radius 3 is 0.863 bits per heavy atom. The molecule has 0 heteroatoms. The zero-order valence-electron chi connectivity index (χ0n) is 92.7. The smallest absolute Gasteiger partial charge is 0.0300 e. The Hall–Kier alpha value is 0. The summed E-state index contributed by atoms with van der Waals surface area (Å²) in [5.74, 6) is 16.1. The quantitative estimate of drug-likeness (QED) is 0.264. The number of hydrogen-bond acceptors (Lipinski definition) is 0. The van der Waals surface area contributed by atoms with Gasteiger partial charge in [-0.1, -0.05) is 379 Å². The van der Waals surface area contributed by atoms with Crippen molar-refractivity contribution in [3.8, 4) is 0 Å². The summed E-state index contributed by atoms with van der Waals surface area (Å²) in [7, 11) is 0. The summed E-state index contributed by atoms with van der Waals surface area (Å²) in [6, 6.07) is 0. The second-order valence-electron chi connectivity index (χ2n) is 52.2. The van der Waals surface area contributed by atoms with E-state index in [-0.39, 0.29) is 29.0 Å². The van der Waals surface area contributed by atoms with Crippen molar-refractivity contribution in [2.45, 2.75) is 585 Å².